The van der Waals surface area contributed by atoms with E-state index in [-0.39, 0.29) is 12.3 Å². The number of halogens is 1. The molecule has 6 heteroatoms. The van der Waals surface area contributed by atoms with Gasteiger partial charge in [-0.3, -0.25) is 4.79 Å². The third kappa shape index (κ3) is 6.52. The molecule has 1 aliphatic carbocycles. The van der Waals surface area contributed by atoms with Crippen molar-refractivity contribution in [1.82, 2.24) is 0 Å². The number of methoxy groups -OCH3 is 1. The topological polar surface area (TPSA) is 64.6 Å². The average molecular weight is 490 g/mol. The lowest BCUT2D eigenvalue weighted by Gasteiger charge is -2.15. The number of nitrogens with one attached hydrogen (secondary N) is 1. The molecule has 3 aromatic carbocycles. The first-order valence-electron chi connectivity index (χ1n) is 11.6. The Morgan fingerprint density at radius 1 is 0.971 bits per heavy atom. The quantitative estimate of drug-likeness (QED) is 0.320. The summed E-state index contributed by atoms with van der Waals surface area (Å²) in [6.45, 7) is 0.639. The van der Waals surface area contributed by atoms with Crippen LogP contribution in [0.3, 0.4) is 0 Å². The molecule has 0 fully saturated rings. The van der Waals surface area contributed by atoms with Gasteiger partial charge < -0.3 is 14.8 Å². The third-order valence-corrected chi connectivity index (χ3v) is 6.26. The van der Waals surface area contributed by atoms with Crippen LogP contribution in [0.5, 0.6) is 5.75 Å². The second kappa shape index (κ2) is 11.7. The summed E-state index contributed by atoms with van der Waals surface area (Å²) in [7, 11) is 1.34. The van der Waals surface area contributed by atoms with Crippen LogP contribution in [0.25, 0.3) is 5.57 Å². The van der Waals surface area contributed by atoms with Crippen molar-refractivity contribution in [2.45, 2.75) is 32.3 Å². The minimum Gasteiger partial charge on any atom is -0.488 e. The predicted octanol–water partition coefficient (Wildman–Crippen LogP) is 6.71. The molecule has 4 rings (SSSR count). The summed E-state index contributed by atoms with van der Waals surface area (Å²) in [6.07, 6.45) is 3.13. The molecule has 0 atom stereocenters. The Hall–Kier alpha value is -3.57. The van der Waals surface area contributed by atoms with Crippen LogP contribution in [0.15, 0.2) is 78.4 Å². The van der Waals surface area contributed by atoms with Crippen molar-refractivity contribution in [2.75, 3.05) is 19.0 Å². The van der Waals surface area contributed by atoms with Gasteiger partial charge in [0.05, 0.1) is 19.2 Å². The molecule has 1 N–H and O–H groups in total. The van der Waals surface area contributed by atoms with Crippen LogP contribution in [-0.4, -0.2) is 25.4 Å². The number of ketones is 1. The number of hydrogen-bond donors (Lipinski definition) is 1. The lowest BCUT2D eigenvalue weighted by atomic mass is 9.98. The molecule has 0 amide bonds. The van der Waals surface area contributed by atoms with Crippen LogP contribution in [0.2, 0.25) is 5.02 Å². The molecule has 0 saturated heterocycles. The first-order chi connectivity index (χ1) is 17.0. The molecule has 3 aromatic rings. The van der Waals surface area contributed by atoms with Gasteiger partial charge in [0.25, 0.3) is 0 Å². The second-order valence-corrected chi connectivity index (χ2v) is 8.93. The van der Waals surface area contributed by atoms with Gasteiger partial charge in [0, 0.05) is 22.7 Å². The van der Waals surface area contributed by atoms with Crippen LogP contribution in [0.1, 0.15) is 47.2 Å². The molecule has 180 valence electrons. The van der Waals surface area contributed by atoms with Gasteiger partial charge in [-0.1, -0.05) is 53.6 Å². The number of carbonyl (C=O) groups is 2. The Morgan fingerprint density at radius 2 is 1.80 bits per heavy atom. The largest absolute Gasteiger partial charge is 0.488 e. The Bertz CT molecular complexity index is 1240. The van der Waals surface area contributed by atoms with E-state index >= 15 is 0 Å². The summed E-state index contributed by atoms with van der Waals surface area (Å²) >= 11 is 6.34. The highest BCUT2D eigenvalue weighted by molar-refractivity contribution is 6.30. The van der Waals surface area contributed by atoms with E-state index in [0.29, 0.717) is 29.3 Å². The van der Waals surface area contributed by atoms with Crippen molar-refractivity contribution >= 4 is 34.6 Å². The van der Waals surface area contributed by atoms with Crippen LogP contribution in [0, 0.1) is 0 Å². The standard InChI is InChI=1S/C29H28ClNO4/c1-34-29(33)22-10-5-11-24(15-22)31-18-25(32)16-21-9-6-12-26(21)27-17-23(30)13-14-28(27)35-19-20-7-3-2-4-8-20/h2-5,7-8,10-11,13-15,17,31H,6,9,12,16,18-19H2,1H3. The van der Waals surface area contributed by atoms with E-state index in [1.54, 1.807) is 18.2 Å². The fraction of sp³-hybridized carbons (Fsp3) is 0.241. The van der Waals surface area contributed by atoms with Gasteiger partial charge in [-0.2, -0.15) is 0 Å². The minimum atomic E-state index is -0.410. The Balaban J connectivity index is 1.46. The molecule has 0 radical (unpaired) electrons. The smallest absolute Gasteiger partial charge is 0.337 e. The molecule has 0 aromatic heterocycles. The molecule has 35 heavy (non-hydrogen) atoms. The van der Waals surface area contributed by atoms with Gasteiger partial charge >= 0.3 is 5.97 Å². The Kier molecular flexibility index (Phi) is 8.22. The fourth-order valence-corrected chi connectivity index (χ4v) is 4.47. The van der Waals surface area contributed by atoms with Crippen LogP contribution >= 0.6 is 11.6 Å². The summed E-state index contributed by atoms with van der Waals surface area (Å²) in [6, 6.07) is 22.6. The van der Waals surface area contributed by atoms with Crippen LogP contribution < -0.4 is 10.1 Å². The summed E-state index contributed by atoms with van der Waals surface area (Å²) in [5.74, 6) is 0.446. The molecule has 0 heterocycles. The van der Waals surface area contributed by atoms with Gasteiger partial charge in [0.15, 0.2) is 5.78 Å². The predicted molar refractivity (Wildman–Crippen MR) is 139 cm³/mol. The van der Waals surface area contributed by atoms with E-state index in [9.17, 15) is 9.59 Å². The van der Waals surface area contributed by atoms with Gasteiger partial charge in [0.1, 0.15) is 12.4 Å². The maximum atomic E-state index is 12.8. The number of Topliss-reactive ketones (excluding diaryl/α,β-unsaturated/α-hetero) is 1. The zero-order chi connectivity index (χ0) is 24.6. The highest BCUT2D eigenvalue weighted by Crippen LogP contribution is 2.41. The van der Waals surface area contributed by atoms with Crippen LogP contribution in [0.4, 0.5) is 5.69 Å². The molecular formula is C29H28ClNO4. The van der Waals surface area contributed by atoms with Crippen molar-refractivity contribution in [3.8, 4) is 5.75 Å². The molecule has 0 aliphatic heterocycles. The zero-order valence-corrected chi connectivity index (χ0v) is 20.4. The summed E-state index contributed by atoms with van der Waals surface area (Å²) < 4.78 is 10.9. The maximum Gasteiger partial charge on any atom is 0.337 e. The Labute approximate surface area is 210 Å². The average Bonchev–Trinajstić information content (AvgIpc) is 3.34. The Morgan fingerprint density at radius 3 is 2.60 bits per heavy atom. The number of ether oxygens (including phenoxy) is 2. The molecule has 0 saturated carbocycles. The monoisotopic (exact) mass is 489 g/mol. The lowest BCUT2D eigenvalue weighted by Crippen LogP contribution is -2.14. The number of rotatable bonds is 10. The number of allylic oxidation sites excluding steroid dienone is 2. The molecule has 0 bridgehead atoms. The van der Waals surface area contributed by atoms with Gasteiger partial charge in [-0.15, -0.1) is 0 Å². The van der Waals surface area contributed by atoms with Crippen molar-refractivity contribution in [3.05, 3.63) is 100 Å². The SMILES string of the molecule is COC(=O)c1cccc(NCC(=O)CC2=C(c3cc(Cl)ccc3OCc3ccccc3)CCC2)c1. The van der Waals surface area contributed by atoms with Gasteiger partial charge in [0.2, 0.25) is 0 Å². The summed E-state index contributed by atoms with van der Waals surface area (Å²) in [5.41, 5.74) is 5.48. The number of esters is 1. The molecule has 0 unspecified atom stereocenters. The molecule has 0 spiro atoms. The van der Waals surface area contributed by atoms with Gasteiger partial charge in [-0.25, -0.2) is 4.79 Å². The highest BCUT2D eigenvalue weighted by Gasteiger charge is 2.21. The molecular weight excluding hydrogens is 462 g/mol. The van der Waals surface area contributed by atoms with Crippen LogP contribution in [-0.2, 0) is 16.1 Å². The second-order valence-electron chi connectivity index (χ2n) is 8.49. The van der Waals surface area contributed by atoms with Crippen molar-refractivity contribution in [3.63, 3.8) is 0 Å². The first-order valence-corrected chi connectivity index (χ1v) is 12.0. The van der Waals surface area contributed by atoms with E-state index in [0.717, 1.165) is 47.3 Å². The normalized spacial score (nSPS) is 13.0. The van der Waals surface area contributed by atoms with E-state index in [4.69, 9.17) is 21.1 Å². The minimum absolute atomic E-state index is 0.0802. The van der Waals surface area contributed by atoms with E-state index in [2.05, 4.69) is 5.32 Å². The highest BCUT2D eigenvalue weighted by atomic mass is 35.5. The van der Waals surface area contributed by atoms with Crippen molar-refractivity contribution in [2.24, 2.45) is 0 Å². The number of carbonyl (C=O) groups excluding carboxylic acids is 2. The molecule has 1 aliphatic rings. The third-order valence-electron chi connectivity index (χ3n) is 6.02. The first kappa shape index (κ1) is 24.6. The number of benzene rings is 3. The maximum absolute atomic E-state index is 12.8. The summed E-state index contributed by atoms with van der Waals surface area (Å²) in [5, 5.41) is 3.77. The van der Waals surface area contributed by atoms with Crippen molar-refractivity contribution < 1.29 is 19.1 Å². The summed E-state index contributed by atoms with van der Waals surface area (Å²) in [4.78, 5) is 24.6. The van der Waals surface area contributed by atoms with E-state index in [1.807, 2.05) is 54.6 Å². The zero-order valence-electron chi connectivity index (χ0n) is 19.7. The van der Waals surface area contributed by atoms with Gasteiger partial charge in [-0.05, 0) is 66.8 Å². The van der Waals surface area contributed by atoms with E-state index in [1.165, 1.54) is 7.11 Å². The molecule has 5 nitrogen and oxygen atoms in total. The number of anilines is 1. The fourth-order valence-electron chi connectivity index (χ4n) is 4.30. The lowest BCUT2D eigenvalue weighted by molar-refractivity contribution is -0.116. The van der Waals surface area contributed by atoms with E-state index < -0.39 is 5.97 Å². The van der Waals surface area contributed by atoms with Crippen molar-refractivity contribution in [1.29, 1.82) is 0 Å². The number of hydrogen-bond acceptors (Lipinski definition) is 5.